The van der Waals surface area contributed by atoms with Crippen molar-refractivity contribution in [3.63, 3.8) is 0 Å². The van der Waals surface area contributed by atoms with E-state index in [4.69, 9.17) is 4.74 Å². The third-order valence-corrected chi connectivity index (χ3v) is 6.05. The van der Waals surface area contributed by atoms with Gasteiger partial charge in [0.1, 0.15) is 0 Å². The fraction of sp³-hybridized carbons (Fsp3) is 0.522. The van der Waals surface area contributed by atoms with E-state index in [1.165, 1.54) is 16.9 Å². The van der Waals surface area contributed by atoms with Crippen molar-refractivity contribution < 1.29 is 9.53 Å². The van der Waals surface area contributed by atoms with Gasteiger partial charge in [-0.05, 0) is 22.9 Å². The number of ketones is 1. The van der Waals surface area contributed by atoms with Crippen molar-refractivity contribution in [2.75, 3.05) is 45.9 Å². The molecule has 0 saturated carbocycles. The lowest BCUT2D eigenvalue weighted by molar-refractivity contribution is 0.000656. The zero-order chi connectivity index (χ0) is 19.8. The van der Waals surface area contributed by atoms with E-state index in [1.54, 1.807) is 0 Å². The second-order valence-electron chi connectivity index (χ2n) is 7.92. The molecule has 3 rings (SSSR count). The summed E-state index contributed by atoms with van der Waals surface area (Å²) in [6.45, 7) is 11.0. The van der Waals surface area contributed by atoms with E-state index in [9.17, 15) is 4.79 Å². The molecule has 2 aromatic rings. The Kier molecular flexibility index (Phi) is 8.22. The minimum atomic E-state index is 0.121. The zero-order valence-corrected chi connectivity index (χ0v) is 17.9. The van der Waals surface area contributed by atoms with Crippen LogP contribution in [0, 0.1) is 5.92 Å². The van der Waals surface area contributed by atoms with Crippen LogP contribution in [-0.4, -0.2) is 61.5 Å². The summed E-state index contributed by atoms with van der Waals surface area (Å²) in [5.41, 5.74) is 1.26. The summed E-state index contributed by atoms with van der Waals surface area (Å²) in [4.78, 5) is 18.0. The molecule has 1 aromatic heterocycles. The van der Waals surface area contributed by atoms with Crippen molar-refractivity contribution in [1.29, 1.82) is 0 Å². The van der Waals surface area contributed by atoms with Crippen molar-refractivity contribution in [2.45, 2.75) is 26.4 Å². The number of hydrogen-bond donors (Lipinski definition) is 0. The first kappa shape index (κ1) is 21.2. The molecular formula is C23H32N2O2S. The molecule has 2 heterocycles. The monoisotopic (exact) mass is 400 g/mol. The number of piperazine rings is 1. The van der Waals surface area contributed by atoms with Crippen molar-refractivity contribution in [1.82, 2.24) is 9.80 Å². The molecule has 152 valence electrons. The standard InChI is InChI=1S/C23H32N2O2S/c1-19(2)18-27-22(20-7-4-3-5-8-20)17-25-14-12-24(13-15-25)11-10-21(26)23-9-6-16-28-23/h3-9,16,19,22H,10-15,17-18H2,1-2H3. The Balaban J connectivity index is 1.45. The molecule has 0 radical (unpaired) electrons. The molecule has 0 amide bonds. The Labute approximate surface area is 173 Å². The van der Waals surface area contributed by atoms with Crippen molar-refractivity contribution in [2.24, 2.45) is 5.92 Å². The van der Waals surface area contributed by atoms with Gasteiger partial charge in [0.2, 0.25) is 0 Å². The van der Waals surface area contributed by atoms with Gasteiger partial charge in [0.25, 0.3) is 0 Å². The lowest BCUT2D eigenvalue weighted by atomic mass is 10.1. The molecule has 0 aliphatic carbocycles. The molecule has 1 aromatic carbocycles. The number of carbonyl (C=O) groups excluding carboxylic acids is 1. The molecule has 0 spiro atoms. The first-order chi connectivity index (χ1) is 13.6. The van der Waals surface area contributed by atoms with Gasteiger partial charge in [0, 0.05) is 52.3 Å². The van der Waals surface area contributed by atoms with E-state index < -0.39 is 0 Å². The molecular weight excluding hydrogens is 368 g/mol. The lowest BCUT2D eigenvalue weighted by Crippen LogP contribution is -2.48. The van der Waals surface area contributed by atoms with Crippen LogP contribution in [0.5, 0.6) is 0 Å². The second kappa shape index (κ2) is 10.9. The summed E-state index contributed by atoms with van der Waals surface area (Å²) in [5, 5.41) is 1.97. The molecule has 1 aliphatic heterocycles. The van der Waals surface area contributed by atoms with Crippen LogP contribution < -0.4 is 0 Å². The molecule has 1 saturated heterocycles. The number of Topliss-reactive ketones (excluding diaryl/α,β-unsaturated/α-hetero) is 1. The summed E-state index contributed by atoms with van der Waals surface area (Å²) in [5.74, 6) is 0.799. The molecule has 4 nitrogen and oxygen atoms in total. The fourth-order valence-electron chi connectivity index (χ4n) is 3.48. The summed E-state index contributed by atoms with van der Waals surface area (Å²) in [7, 11) is 0. The van der Waals surface area contributed by atoms with Crippen LogP contribution >= 0.6 is 11.3 Å². The molecule has 1 unspecified atom stereocenters. The van der Waals surface area contributed by atoms with Crippen LogP contribution in [0.4, 0.5) is 0 Å². The first-order valence-electron chi connectivity index (χ1n) is 10.3. The Morgan fingerprint density at radius 2 is 1.75 bits per heavy atom. The van der Waals surface area contributed by atoms with E-state index in [1.807, 2.05) is 17.5 Å². The Morgan fingerprint density at radius 3 is 2.39 bits per heavy atom. The fourth-order valence-corrected chi connectivity index (χ4v) is 4.18. The first-order valence-corrected chi connectivity index (χ1v) is 11.2. The maximum atomic E-state index is 12.2. The third-order valence-electron chi connectivity index (χ3n) is 5.14. The van der Waals surface area contributed by atoms with Crippen LogP contribution in [0.25, 0.3) is 0 Å². The zero-order valence-electron chi connectivity index (χ0n) is 17.0. The highest BCUT2D eigenvalue weighted by Crippen LogP contribution is 2.21. The Hall–Kier alpha value is -1.53. The molecule has 28 heavy (non-hydrogen) atoms. The Bertz CT molecular complexity index is 695. The van der Waals surface area contributed by atoms with Crippen LogP contribution in [0.2, 0.25) is 0 Å². The van der Waals surface area contributed by atoms with Crippen molar-refractivity contribution in [3.05, 3.63) is 58.3 Å². The summed E-state index contributed by atoms with van der Waals surface area (Å²) < 4.78 is 6.24. The highest BCUT2D eigenvalue weighted by atomic mass is 32.1. The van der Waals surface area contributed by atoms with Crippen LogP contribution in [0.1, 0.15) is 41.6 Å². The van der Waals surface area contributed by atoms with Gasteiger partial charge in [-0.3, -0.25) is 9.69 Å². The molecule has 1 aliphatic rings. The number of ether oxygens (including phenoxy) is 1. The number of thiophene rings is 1. The average molecular weight is 401 g/mol. The summed E-state index contributed by atoms with van der Waals surface area (Å²) in [6.07, 6.45) is 0.737. The van der Waals surface area contributed by atoms with Gasteiger partial charge < -0.3 is 9.64 Å². The smallest absolute Gasteiger partial charge is 0.174 e. The van der Waals surface area contributed by atoms with Crippen LogP contribution in [-0.2, 0) is 4.74 Å². The van der Waals surface area contributed by atoms with E-state index in [2.05, 4.69) is 54.0 Å². The summed E-state index contributed by atoms with van der Waals surface area (Å²) in [6, 6.07) is 14.4. The number of benzene rings is 1. The average Bonchev–Trinajstić information content (AvgIpc) is 3.26. The van der Waals surface area contributed by atoms with Crippen molar-refractivity contribution >= 4 is 17.1 Å². The number of nitrogens with zero attached hydrogens (tertiary/aromatic N) is 2. The summed E-state index contributed by atoms with van der Waals surface area (Å²) >= 11 is 1.54. The largest absolute Gasteiger partial charge is 0.372 e. The van der Waals surface area contributed by atoms with Gasteiger partial charge in [-0.15, -0.1) is 11.3 Å². The van der Waals surface area contributed by atoms with Gasteiger partial charge in [0.15, 0.2) is 5.78 Å². The predicted octanol–water partition coefficient (Wildman–Crippen LogP) is 4.35. The molecule has 1 fully saturated rings. The highest BCUT2D eigenvalue weighted by molar-refractivity contribution is 7.12. The normalized spacial score (nSPS) is 17.1. The van der Waals surface area contributed by atoms with Gasteiger partial charge in [-0.2, -0.15) is 0 Å². The quantitative estimate of drug-likeness (QED) is 0.555. The van der Waals surface area contributed by atoms with Gasteiger partial charge in [0.05, 0.1) is 11.0 Å². The molecule has 0 bridgehead atoms. The minimum Gasteiger partial charge on any atom is -0.372 e. The maximum absolute atomic E-state index is 12.2. The molecule has 1 atom stereocenters. The Morgan fingerprint density at radius 1 is 1.04 bits per heavy atom. The lowest BCUT2D eigenvalue weighted by Gasteiger charge is -2.36. The maximum Gasteiger partial charge on any atom is 0.174 e. The topological polar surface area (TPSA) is 32.8 Å². The third kappa shape index (κ3) is 6.52. The van der Waals surface area contributed by atoms with Gasteiger partial charge in [-0.1, -0.05) is 50.2 Å². The SMILES string of the molecule is CC(C)COC(CN1CCN(CCC(=O)c2cccs2)CC1)c1ccccc1. The van der Waals surface area contributed by atoms with E-state index in [0.717, 1.165) is 50.8 Å². The van der Waals surface area contributed by atoms with E-state index >= 15 is 0 Å². The molecule has 0 N–H and O–H groups in total. The highest BCUT2D eigenvalue weighted by Gasteiger charge is 2.22. The van der Waals surface area contributed by atoms with Crippen LogP contribution in [0.3, 0.4) is 0 Å². The van der Waals surface area contributed by atoms with Crippen molar-refractivity contribution in [3.8, 4) is 0 Å². The minimum absolute atomic E-state index is 0.121. The predicted molar refractivity (Wildman–Crippen MR) is 116 cm³/mol. The number of rotatable bonds is 10. The van der Waals surface area contributed by atoms with E-state index in [-0.39, 0.29) is 11.9 Å². The van der Waals surface area contributed by atoms with Gasteiger partial charge in [-0.25, -0.2) is 0 Å². The van der Waals surface area contributed by atoms with Gasteiger partial charge >= 0.3 is 0 Å². The van der Waals surface area contributed by atoms with Crippen LogP contribution in [0.15, 0.2) is 47.8 Å². The number of carbonyl (C=O) groups is 1. The second-order valence-corrected chi connectivity index (χ2v) is 8.87. The molecule has 5 heteroatoms. The van der Waals surface area contributed by atoms with E-state index in [0.29, 0.717) is 12.3 Å². The number of hydrogen-bond acceptors (Lipinski definition) is 5.